The van der Waals surface area contributed by atoms with E-state index in [9.17, 15) is 0 Å². The standard InChI is InChI=1S/C9H18IN/c1-8(2,10)9(3)4-6-11-7-5-9/h11H,4-7H2,1-3H3. The van der Waals surface area contributed by atoms with Gasteiger partial charge in [-0.15, -0.1) is 0 Å². The van der Waals surface area contributed by atoms with Crippen LogP contribution in [0.4, 0.5) is 0 Å². The summed E-state index contributed by atoms with van der Waals surface area (Å²) >= 11 is 2.58. The zero-order valence-electron chi connectivity index (χ0n) is 7.71. The molecule has 1 aliphatic rings. The molecule has 1 fully saturated rings. The molecule has 1 N–H and O–H groups in total. The summed E-state index contributed by atoms with van der Waals surface area (Å²) in [4.78, 5) is 0. The van der Waals surface area contributed by atoms with Gasteiger partial charge in [-0.25, -0.2) is 0 Å². The molecule has 1 nitrogen and oxygen atoms in total. The van der Waals surface area contributed by atoms with Crippen molar-refractivity contribution in [1.29, 1.82) is 0 Å². The van der Waals surface area contributed by atoms with Gasteiger partial charge in [-0.05, 0) is 31.3 Å². The SMILES string of the molecule is CC(C)(I)C1(C)CCNCC1. The van der Waals surface area contributed by atoms with E-state index in [1.54, 1.807) is 0 Å². The first-order valence-corrected chi connectivity index (χ1v) is 5.43. The van der Waals surface area contributed by atoms with E-state index in [0.29, 0.717) is 8.84 Å². The van der Waals surface area contributed by atoms with Crippen LogP contribution in [0.5, 0.6) is 0 Å². The molecular formula is C9H18IN. The van der Waals surface area contributed by atoms with Crippen LogP contribution in [0, 0.1) is 5.41 Å². The average Bonchev–Trinajstić information content (AvgIpc) is 1.87. The van der Waals surface area contributed by atoms with Crippen molar-refractivity contribution in [3.8, 4) is 0 Å². The summed E-state index contributed by atoms with van der Waals surface area (Å²) in [5.41, 5.74) is 0.540. The van der Waals surface area contributed by atoms with Crippen LogP contribution in [0.3, 0.4) is 0 Å². The third-order valence-electron chi connectivity index (χ3n) is 3.14. The Morgan fingerprint density at radius 3 is 2.00 bits per heavy atom. The number of rotatable bonds is 1. The molecule has 0 aromatic carbocycles. The van der Waals surface area contributed by atoms with Crippen molar-refractivity contribution in [2.75, 3.05) is 13.1 Å². The van der Waals surface area contributed by atoms with E-state index in [1.165, 1.54) is 25.9 Å². The van der Waals surface area contributed by atoms with Crippen molar-refractivity contribution in [2.24, 2.45) is 5.41 Å². The molecule has 1 saturated heterocycles. The van der Waals surface area contributed by atoms with E-state index in [2.05, 4.69) is 48.7 Å². The molecule has 11 heavy (non-hydrogen) atoms. The first kappa shape index (κ1) is 9.78. The second-order valence-electron chi connectivity index (χ2n) is 4.28. The predicted molar refractivity (Wildman–Crippen MR) is 58.3 cm³/mol. The van der Waals surface area contributed by atoms with Gasteiger partial charge in [-0.3, -0.25) is 0 Å². The van der Waals surface area contributed by atoms with Crippen molar-refractivity contribution >= 4 is 22.6 Å². The van der Waals surface area contributed by atoms with Crippen LogP contribution in [0.15, 0.2) is 0 Å². The highest BCUT2D eigenvalue weighted by Crippen LogP contribution is 2.44. The Kier molecular flexibility index (Phi) is 2.85. The number of piperidine rings is 1. The van der Waals surface area contributed by atoms with E-state index in [-0.39, 0.29) is 0 Å². The lowest BCUT2D eigenvalue weighted by Gasteiger charge is -2.43. The van der Waals surface area contributed by atoms with E-state index < -0.39 is 0 Å². The molecule has 0 saturated carbocycles. The topological polar surface area (TPSA) is 12.0 Å². The fourth-order valence-corrected chi connectivity index (χ4v) is 2.11. The largest absolute Gasteiger partial charge is 0.317 e. The molecule has 0 aromatic rings. The highest BCUT2D eigenvalue weighted by molar-refractivity contribution is 14.1. The molecule has 0 aromatic heterocycles. The van der Waals surface area contributed by atoms with Crippen LogP contribution < -0.4 is 5.32 Å². The predicted octanol–water partition coefficient (Wildman–Crippen LogP) is 2.59. The molecule has 0 unspecified atom stereocenters. The molecule has 0 atom stereocenters. The Morgan fingerprint density at radius 2 is 1.73 bits per heavy atom. The highest BCUT2D eigenvalue weighted by Gasteiger charge is 2.39. The van der Waals surface area contributed by atoms with Gasteiger partial charge in [-0.2, -0.15) is 0 Å². The molecule has 0 spiro atoms. The molecule has 2 heteroatoms. The maximum absolute atomic E-state index is 3.41. The Morgan fingerprint density at radius 1 is 1.27 bits per heavy atom. The number of alkyl halides is 1. The van der Waals surface area contributed by atoms with Crippen LogP contribution in [-0.2, 0) is 0 Å². The summed E-state index contributed by atoms with van der Waals surface area (Å²) in [6.07, 6.45) is 2.64. The molecule has 0 amide bonds. The van der Waals surface area contributed by atoms with Crippen LogP contribution in [0.2, 0.25) is 0 Å². The van der Waals surface area contributed by atoms with E-state index in [4.69, 9.17) is 0 Å². The van der Waals surface area contributed by atoms with Gasteiger partial charge in [0, 0.05) is 3.42 Å². The van der Waals surface area contributed by atoms with Gasteiger partial charge in [0.05, 0.1) is 0 Å². The number of halogens is 1. The van der Waals surface area contributed by atoms with Gasteiger partial charge in [0.1, 0.15) is 0 Å². The van der Waals surface area contributed by atoms with Crippen molar-refractivity contribution in [1.82, 2.24) is 5.32 Å². The van der Waals surface area contributed by atoms with Crippen molar-refractivity contribution in [2.45, 2.75) is 37.0 Å². The molecular weight excluding hydrogens is 249 g/mol. The maximum atomic E-state index is 3.41. The summed E-state index contributed by atoms with van der Waals surface area (Å²) in [5.74, 6) is 0. The monoisotopic (exact) mass is 267 g/mol. The van der Waals surface area contributed by atoms with Gasteiger partial charge >= 0.3 is 0 Å². The van der Waals surface area contributed by atoms with Gasteiger partial charge in [0.15, 0.2) is 0 Å². The number of hydrogen-bond acceptors (Lipinski definition) is 1. The molecule has 1 rings (SSSR count). The van der Waals surface area contributed by atoms with Crippen LogP contribution in [-0.4, -0.2) is 16.5 Å². The first-order valence-electron chi connectivity index (χ1n) is 4.35. The molecule has 1 aliphatic heterocycles. The quantitative estimate of drug-likeness (QED) is 0.569. The molecule has 1 heterocycles. The summed E-state index contributed by atoms with van der Waals surface area (Å²) in [7, 11) is 0. The normalized spacial score (nSPS) is 25.1. The third kappa shape index (κ3) is 2.08. The van der Waals surface area contributed by atoms with E-state index in [0.717, 1.165) is 0 Å². The summed E-state index contributed by atoms with van der Waals surface area (Å²) in [6, 6.07) is 0. The van der Waals surface area contributed by atoms with Crippen molar-refractivity contribution < 1.29 is 0 Å². The third-order valence-corrected chi connectivity index (χ3v) is 4.44. The summed E-state index contributed by atoms with van der Waals surface area (Å²) < 4.78 is 0.437. The summed E-state index contributed by atoms with van der Waals surface area (Å²) in [5, 5.41) is 3.41. The van der Waals surface area contributed by atoms with Crippen LogP contribution in [0.25, 0.3) is 0 Å². The minimum atomic E-state index is 0.437. The van der Waals surface area contributed by atoms with Gasteiger partial charge < -0.3 is 5.32 Å². The molecule has 0 bridgehead atoms. The number of hydrogen-bond donors (Lipinski definition) is 1. The Bertz CT molecular complexity index is 131. The first-order chi connectivity index (χ1) is 4.96. The van der Waals surface area contributed by atoms with Gasteiger partial charge in [0.2, 0.25) is 0 Å². The zero-order chi connectivity index (χ0) is 8.54. The van der Waals surface area contributed by atoms with Gasteiger partial charge in [0.25, 0.3) is 0 Å². The van der Waals surface area contributed by atoms with Crippen molar-refractivity contribution in [3.63, 3.8) is 0 Å². The summed E-state index contributed by atoms with van der Waals surface area (Å²) in [6.45, 7) is 9.50. The fraction of sp³-hybridized carbons (Fsp3) is 1.00. The fourth-order valence-electron chi connectivity index (χ4n) is 1.57. The van der Waals surface area contributed by atoms with Crippen LogP contribution >= 0.6 is 22.6 Å². The van der Waals surface area contributed by atoms with Crippen molar-refractivity contribution in [3.05, 3.63) is 0 Å². The average molecular weight is 267 g/mol. The van der Waals surface area contributed by atoms with E-state index in [1.807, 2.05) is 0 Å². The number of nitrogens with one attached hydrogen (secondary N) is 1. The molecule has 0 aliphatic carbocycles. The van der Waals surface area contributed by atoms with E-state index >= 15 is 0 Å². The second kappa shape index (κ2) is 3.21. The molecule has 66 valence electrons. The Balaban J connectivity index is 2.64. The maximum Gasteiger partial charge on any atom is 0.0220 e. The Hall–Kier alpha value is 0.690. The zero-order valence-corrected chi connectivity index (χ0v) is 9.86. The van der Waals surface area contributed by atoms with Crippen LogP contribution in [0.1, 0.15) is 33.6 Å². The van der Waals surface area contributed by atoms with Gasteiger partial charge in [-0.1, -0.05) is 43.4 Å². The second-order valence-corrected chi connectivity index (χ2v) is 6.98. The molecule has 0 radical (unpaired) electrons. The minimum Gasteiger partial charge on any atom is -0.317 e. The lowest BCUT2D eigenvalue weighted by molar-refractivity contribution is 0.188. The highest BCUT2D eigenvalue weighted by atomic mass is 127. The smallest absolute Gasteiger partial charge is 0.0220 e. The Labute approximate surface area is 83.5 Å². The minimum absolute atomic E-state index is 0.437. The lowest BCUT2D eigenvalue weighted by Crippen LogP contribution is -2.44. The lowest BCUT2D eigenvalue weighted by atomic mass is 9.72.